The van der Waals surface area contributed by atoms with Crippen LogP contribution in [-0.2, 0) is 6.42 Å². The number of fused-ring (bicyclic) bond motifs is 2. The first-order valence-corrected chi connectivity index (χ1v) is 6.91. The second kappa shape index (κ2) is 4.31. The molecule has 1 fully saturated rings. The molecule has 3 rings (SSSR count). The van der Waals surface area contributed by atoms with E-state index >= 15 is 0 Å². The lowest BCUT2D eigenvalue weighted by Crippen LogP contribution is -2.23. The van der Waals surface area contributed by atoms with E-state index in [0.717, 1.165) is 15.9 Å². The molecule has 5 heteroatoms. The Morgan fingerprint density at radius 2 is 2.35 bits per heavy atom. The van der Waals surface area contributed by atoms with Gasteiger partial charge in [-0.25, -0.2) is 0 Å². The van der Waals surface area contributed by atoms with Gasteiger partial charge in [-0.1, -0.05) is 23.5 Å². The summed E-state index contributed by atoms with van der Waals surface area (Å²) in [5, 5.41) is 13.9. The molecule has 0 aromatic carbocycles. The number of anilines is 1. The Labute approximate surface area is 105 Å². The van der Waals surface area contributed by atoms with Crippen molar-refractivity contribution in [2.24, 2.45) is 17.6 Å². The minimum Gasteiger partial charge on any atom is -0.492 e. The fraction of sp³-hybridized carbons (Fsp3) is 0.583. The number of hydrogen-bond acceptors (Lipinski definition) is 5. The average Bonchev–Trinajstić information content (AvgIpc) is 2.96. The van der Waals surface area contributed by atoms with Crippen molar-refractivity contribution in [3.8, 4) is 5.88 Å². The molecule has 2 aliphatic rings. The minimum absolute atomic E-state index is 0.140. The molecule has 3 unspecified atom stereocenters. The molecular weight excluding hydrogens is 234 g/mol. The third kappa shape index (κ3) is 2.05. The van der Waals surface area contributed by atoms with Gasteiger partial charge in [-0.05, 0) is 37.6 Å². The highest BCUT2D eigenvalue weighted by Crippen LogP contribution is 2.41. The van der Waals surface area contributed by atoms with E-state index in [0.29, 0.717) is 24.9 Å². The van der Waals surface area contributed by atoms with E-state index in [1.54, 1.807) is 0 Å². The highest BCUT2D eigenvalue weighted by molar-refractivity contribution is 7.15. The quantitative estimate of drug-likeness (QED) is 0.713. The minimum atomic E-state index is 0.140. The fourth-order valence-electron chi connectivity index (χ4n) is 2.80. The van der Waals surface area contributed by atoms with Gasteiger partial charge in [0.15, 0.2) is 5.13 Å². The smallest absolute Gasteiger partial charge is 0.227 e. The number of thiazole rings is 1. The van der Waals surface area contributed by atoms with Gasteiger partial charge in [-0.2, -0.15) is 4.98 Å². The summed E-state index contributed by atoms with van der Waals surface area (Å²) < 4.78 is 0. The zero-order valence-electron chi connectivity index (χ0n) is 9.60. The first-order chi connectivity index (χ1) is 8.26. The van der Waals surface area contributed by atoms with Crippen molar-refractivity contribution in [2.75, 3.05) is 11.9 Å². The van der Waals surface area contributed by atoms with Crippen molar-refractivity contribution in [2.45, 2.75) is 25.3 Å². The number of nitrogens with zero attached hydrogens (tertiary/aromatic N) is 1. The molecule has 1 heterocycles. The molecule has 0 saturated heterocycles. The van der Waals surface area contributed by atoms with Gasteiger partial charge < -0.3 is 16.2 Å². The Bertz CT molecular complexity index is 443. The van der Waals surface area contributed by atoms with Crippen LogP contribution in [0, 0.1) is 11.8 Å². The van der Waals surface area contributed by atoms with Gasteiger partial charge in [-0.3, -0.25) is 0 Å². The van der Waals surface area contributed by atoms with Crippen molar-refractivity contribution in [1.29, 1.82) is 0 Å². The third-order valence-corrected chi connectivity index (χ3v) is 4.67. The van der Waals surface area contributed by atoms with E-state index in [-0.39, 0.29) is 5.88 Å². The largest absolute Gasteiger partial charge is 0.492 e. The van der Waals surface area contributed by atoms with Crippen LogP contribution in [0.2, 0.25) is 0 Å². The van der Waals surface area contributed by atoms with Crippen LogP contribution in [0.3, 0.4) is 0 Å². The molecule has 4 nitrogen and oxygen atoms in total. The van der Waals surface area contributed by atoms with Crippen LogP contribution < -0.4 is 11.1 Å². The van der Waals surface area contributed by atoms with E-state index in [1.807, 2.05) is 0 Å². The van der Waals surface area contributed by atoms with Gasteiger partial charge in [0, 0.05) is 6.04 Å². The highest BCUT2D eigenvalue weighted by atomic mass is 32.1. The first-order valence-electron chi connectivity index (χ1n) is 6.10. The summed E-state index contributed by atoms with van der Waals surface area (Å²) in [6.07, 6.45) is 7.78. The Morgan fingerprint density at radius 1 is 1.47 bits per heavy atom. The molecule has 3 atom stereocenters. The summed E-state index contributed by atoms with van der Waals surface area (Å²) in [6.45, 7) is 0.548. The van der Waals surface area contributed by atoms with Crippen LogP contribution in [0.5, 0.6) is 5.88 Å². The summed E-state index contributed by atoms with van der Waals surface area (Å²) in [6, 6.07) is 0.487. The molecular formula is C12H17N3OS. The number of nitrogens with one attached hydrogen (secondary N) is 1. The zero-order chi connectivity index (χ0) is 11.8. The predicted octanol–water partition coefficient (Wildman–Crippen LogP) is 1.73. The van der Waals surface area contributed by atoms with Gasteiger partial charge in [0.05, 0.1) is 4.88 Å². The van der Waals surface area contributed by atoms with Crippen LogP contribution >= 0.6 is 11.3 Å². The lowest BCUT2D eigenvalue weighted by atomic mass is 10.0. The fourth-order valence-corrected chi connectivity index (χ4v) is 3.74. The highest BCUT2D eigenvalue weighted by Gasteiger charge is 2.35. The van der Waals surface area contributed by atoms with Crippen molar-refractivity contribution < 1.29 is 5.11 Å². The van der Waals surface area contributed by atoms with Gasteiger partial charge in [-0.15, -0.1) is 0 Å². The van der Waals surface area contributed by atoms with Gasteiger partial charge >= 0.3 is 0 Å². The second-order valence-electron chi connectivity index (χ2n) is 4.84. The predicted molar refractivity (Wildman–Crippen MR) is 69.3 cm³/mol. The third-order valence-electron chi connectivity index (χ3n) is 3.64. The SMILES string of the molecule is NCCc1sc(NC2CC3C=CC2C3)nc1O. The monoisotopic (exact) mass is 251 g/mol. The Morgan fingerprint density at radius 3 is 3.00 bits per heavy atom. The van der Waals surface area contributed by atoms with E-state index in [4.69, 9.17) is 5.73 Å². The molecule has 1 aromatic heterocycles. The molecule has 17 heavy (non-hydrogen) atoms. The van der Waals surface area contributed by atoms with E-state index in [1.165, 1.54) is 24.2 Å². The van der Waals surface area contributed by atoms with E-state index < -0.39 is 0 Å². The molecule has 1 aromatic rings. The van der Waals surface area contributed by atoms with Crippen LogP contribution in [0.25, 0.3) is 0 Å². The number of rotatable bonds is 4. The summed E-state index contributed by atoms with van der Waals surface area (Å²) in [4.78, 5) is 5.04. The van der Waals surface area contributed by atoms with E-state index in [9.17, 15) is 5.11 Å². The molecule has 1 saturated carbocycles. The number of aromatic hydroxyl groups is 1. The normalized spacial score (nSPS) is 30.1. The van der Waals surface area contributed by atoms with Crippen LogP contribution in [0.1, 0.15) is 17.7 Å². The van der Waals surface area contributed by atoms with Crippen molar-refractivity contribution >= 4 is 16.5 Å². The van der Waals surface area contributed by atoms with Gasteiger partial charge in [0.2, 0.25) is 5.88 Å². The van der Waals surface area contributed by atoms with Crippen molar-refractivity contribution in [3.05, 3.63) is 17.0 Å². The number of allylic oxidation sites excluding steroid dienone is 1. The molecule has 2 bridgehead atoms. The molecule has 4 N–H and O–H groups in total. The first kappa shape index (κ1) is 11.0. The Balaban J connectivity index is 1.69. The number of aromatic nitrogens is 1. The van der Waals surface area contributed by atoms with Crippen molar-refractivity contribution in [3.63, 3.8) is 0 Å². The summed E-state index contributed by atoms with van der Waals surface area (Å²) in [5.41, 5.74) is 5.49. The van der Waals surface area contributed by atoms with E-state index in [2.05, 4.69) is 22.5 Å². The molecule has 0 aliphatic heterocycles. The molecule has 0 spiro atoms. The topological polar surface area (TPSA) is 71.2 Å². The Hall–Kier alpha value is -1.07. The lowest BCUT2D eigenvalue weighted by Gasteiger charge is -2.18. The van der Waals surface area contributed by atoms with Gasteiger partial charge in [0.25, 0.3) is 0 Å². The number of nitrogens with two attached hydrogens (primary N) is 1. The molecule has 92 valence electrons. The maximum absolute atomic E-state index is 9.66. The summed E-state index contributed by atoms with van der Waals surface area (Å²) >= 11 is 1.52. The second-order valence-corrected chi connectivity index (χ2v) is 5.92. The van der Waals surface area contributed by atoms with Crippen LogP contribution in [-0.4, -0.2) is 22.7 Å². The maximum atomic E-state index is 9.66. The van der Waals surface area contributed by atoms with Crippen LogP contribution in [0.4, 0.5) is 5.13 Å². The van der Waals surface area contributed by atoms with Gasteiger partial charge in [0.1, 0.15) is 0 Å². The maximum Gasteiger partial charge on any atom is 0.227 e. The number of hydrogen-bond donors (Lipinski definition) is 3. The average molecular weight is 251 g/mol. The van der Waals surface area contributed by atoms with Crippen molar-refractivity contribution in [1.82, 2.24) is 4.98 Å². The summed E-state index contributed by atoms with van der Waals surface area (Å²) in [7, 11) is 0. The summed E-state index contributed by atoms with van der Waals surface area (Å²) in [5.74, 6) is 1.53. The molecule has 0 amide bonds. The molecule has 2 aliphatic carbocycles. The van der Waals surface area contributed by atoms with Crippen LogP contribution in [0.15, 0.2) is 12.2 Å². The lowest BCUT2D eigenvalue weighted by molar-refractivity contribution is 0.451. The zero-order valence-corrected chi connectivity index (χ0v) is 10.4. The standard InChI is InChI=1S/C12H17N3OS/c13-4-3-10-11(16)15-12(17-10)14-9-6-7-1-2-8(9)5-7/h1-2,7-9,16H,3-6,13H2,(H,14,15). The molecule has 0 radical (unpaired) electrons. The Kier molecular flexibility index (Phi) is 2.80.